The molecule has 0 aliphatic heterocycles. The predicted molar refractivity (Wildman–Crippen MR) is 165 cm³/mol. The number of carbonyl (C=O) groups is 2. The Hall–Kier alpha value is -2.89. The van der Waals surface area contributed by atoms with Crippen molar-refractivity contribution in [2.45, 2.75) is 71.0 Å². The van der Waals surface area contributed by atoms with Gasteiger partial charge in [0, 0.05) is 5.41 Å². The Morgan fingerprint density at radius 2 is 2.00 bits per heavy atom. The van der Waals surface area contributed by atoms with Crippen LogP contribution in [0.1, 0.15) is 72.6 Å². The lowest BCUT2D eigenvalue weighted by Crippen LogP contribution is -2.62. The first-order chi connectivity index (χ1) is 21.0. The van der Waals surface area contributed by atoms with Crippen molar-refractivity contribution >= 4 is 40.3 Å². The average molecular weight is 640 g/mol. The fraction of sp³-hybridized carbons (Fsp3) is 0.515. The van der Waals surface area contributed by atoms with Gasteiger partial charge in [-0.05, 0) is 116 Å². The fourth-order valence-electron chi connectivity index (χ4n) is 9.37. The van der Waals surface area contributed by atoms with E-state index in [-0.39, 0.29) is 35.4 Å². The van der Waals surface area contributed by atoms with Crippen LogP contribution in [-0.4, -0.2) is 48.7 Å². The quantitative estimate of drug-likeness (QED) is 0.310. The summed E-state index contributed by atoms with van der Waals surface area (Å²) in [5, 5.41) is 16.2. The van der Waals surface area contributed by atoms with Crippen molar-refractivity contribution in [3.63, 3.8) is 0 Å². The molecule has 7 atom stereocenters. The Bertz CT molecular complexity index is 1670. The van der Waals surface area contributed by atoms with E-state index in [1.807, 2.05) is 17.8 Å². The lowest BCUT2D eigenvalue weighted by molar-refractivity contribution is -0.174. The van der Waals surface area contributed by atoms with Crippen LogP contribution in [-0.2, 0) is 16.0 Å². The zero-order valence-corrected chi connectivity index (χ0v) is 26.5. The van der Waals surface area contributed by atoms with Crippen LogP contribution in [0.2, 0.25) is 0 Å². The minimum Gasteiger partial charge on any atom is -0.445 e. The smallest absolute Gasteiger partial charge is 0.351 e. The van der Waals surface area contributed by atoms with Crippen LogP contribution in [0.4, 0.5) is 8.78 Å². The number of aryl methyl sites for hydroxylation is 1. The number of esters is 1. The first-order valence-corrected chi connectivity index (χ1v) is 17.0. The molecule has 2 aromatic heterocycles. The van der Waals surface area contributed by atoms with Crippen molar-refractivity contribution in [2.75, 3.05) is 6.01 Å². The maximum Gasteiger partial charge on any atom is 0.351 e. The maximum absolute atomic E-state index is 13.8. The highest BCUT2D eigenvalue weighted by Gasteiger charge is 2.70. The topological polar surface area (TPSA) is 94.3 Å². The third kappa shape index (κ3) is 4.21. The second-order valence-electron chi connectivity index (χ2n) is 13.3. The Kier molecular flexibility index (Phi) is 7.17. The van der Waals surface area contributed by atoms with Gasteiger partial charge in [0.15, 0.2) is 5.60 Å². The van der Waals surface area contributed by atoms with Crippen LogP contribution in [0.5, 0.6) is 0 Å². The number of benzene rings is 1. The third-order valence-electron chi connectivity index (χ3n) is 11.3. The number of fused-ring (bicyclic) bond motifs is 6. The largest absolute Gasteiger partial charge is 0.445 e. The van der Waals surface area contributed by atoms with Gasteiger partial charge in [-0.25, -0.2) is 23.2 Å². The van der Waals surface area contributed by atoms with Crippen LogP contribution >= 0.6 is 23.1 Å². The molecule has 4 aliphatic carbocycles. The maximum atomic E-state index is 13.8. The van der Waals surface area contributed by atoms with Crippen molar-refractivity contribution in [3.8, 4) is 5.69 Å². The molecule has 3 fully saturated rings. The first-order valence-electron chi connectivity index (χ1n) is 15.1. The summed E-state index contributed by atoms with van der Waals surface area (Å²) in [6.45, 7) is 5.92. The summed E-state index contributed by atoms with van der Waals surface area (Å²) in [7, 11) is 0. The van der Waals surface area contributed by atoms with Crippen molar-refractivity contribution in [1.82, 2.24) is 14.8 Å². The molecule has 0 saturated heterocycles. The van der Waals surface area contributed by atoms with E-state index in [1.165, 1.54) is 17.7 Å². The second-order valence-corrected chi connectivity index (χ2v) is 15.0. The summed E-state index contributed by atoms with van der Waals surface area (Å²) in [6, 6.07) is 5.38. The molecule has 2 heterocycles. The molecule has 11 heteroatoms. The Balaban J connectivity index is 1.23. The van der Waals surface area contributed by atoms with E-state index in [9.17, 15) is 23.5 Å². The lowest BCUT2D eigenvalue weighted by Gasteiger charge is -2.60. The number of aliphatic hydroxyl groups excluding tert-OH is 1. The number of ether oxygens (including phenoxy) is 1. The van der Waals surface area contributed by atoms with E-state index < -0.39 is 34.2 Å². The Morgan fingerprint density at radius 3 is 2.70 bits per heavy atom. The van der Waals surface area contributed by atoms with E-state index in [1.54, 1.807) is 24.6 Å². The van der Waals surface area contributed by atoms with Gasteiger partial charge in [-0.15, -0.1) is 11.3 Å². The number of allylic oxidation sites excluding steroid dienone is 1. The summed E-state index contributed by atoms with van der Waals surface area (Å²) in [5.74, 6) is -0.880. The number of rotatable bonds is 5. The van der Waals surface area contributed by atoms with Crippen LogP contribution in [0.3, 0.4) is 0 Å². The third-order valence-corrected chi connectivity index (χ3v) is 12.9. The van der Waals surface area contributed by atoms with E-state index in [0.717, 1.165) is 41.1 Å². The number of halogens is 2. The van der Waals surface area contributed by atoms with Crippen molar-refractivity contribution in [2.24, 2.45) is 28.6 Å². The summed E-state index contributed by atoms with van der Waals surface area (Å²) >= 11 is 1.71. The van der Waals surface area contributed by atoms with Gasteiger partial charge < -0.3 is 9.84 Å². The number of aliphatic hydroxyl groups is 1. The molecule has 0 radical (unpaired) electrons. The van der Waals surface area contributed by atoms with Gasteiger partial charge in [-0.3, -0.25) is 4.79 Å². The molecule has 1 N–H and O–H groups in total. The summed E-state index contributed by atoms with van der Waals surface area (Å²) in [4.78, 5) is 31.7. The molecule has 1 aromatic carbocycles. The molecule has 0 bridgehead atoms. The van der Waals surface area contributed by atoms with Gasteiger partial charge >= 0.3 is 5.97 Å². The Labute approximate surface area is 263 Å². The number of carbonyl (C=O) groups excluding carboxylic acids is 2. The molecular formula is C33H35F2N3O4S2. The van der Waals surface area contributed by atoms with Crippen LogP contribution in [0, 0.1) is 41.3 Å². The van der Waals surface area contributed by atoms with E-state index in [0.29, 0.717) is 41.6 Å². The number of hydrogen-bond donors (Lipinski definition) is 1. The zero-order valence-electron chi connectivity index (χ0n) is 24.9. The minimum absolute atomic E-state index is 0.0112. The molecule has 3 saturated carbocycles. The molecule has 3 aromatic rings. The van der Waals surface area contributed by atoms with E-state index in [2.05, 4.69) is 23.1 Å². The summed E-state index contributed by atoms with van der Waals surface area (Å²) in [5.41, 5.74) is 3.48. The molecule has 1 unspecified atom stereocenters. The average Bonchev–Trinajstić information content (AvgIpc) is 3.67. The summed E-state index contributed by atoms with van der Waals surface area (Å²) in [6.07, 6.45) is 6.90. The molecule has 0 amide bonds. The van der Waals surface area contributed by atoms with Gasteiger partial charge in [0.2, 0.25) is 5.12 Å². The number of hydrogen-bond acceptors (Lipinski definition) is 8. The molecule has 232 valence electrons. The minimum atomic E-state index is -1.54. The monoisotopic (exact) mass is 639 g/mol. The standard InChI is InChI=1S/C33H35F2N3O4S2/c1-18-28(44-17-36-18)29(40)42-33(30(41)43-16-34)11-10-24-23-9-4-20-12-25-19(15-37-38(25)22-7-5-21(35)6-8-22)13-31(20,2)27(23)26(39)14-32(24,33)3/h5-8,12,15,17,23-24,26-27,39H,4,9-11,13-14,16H2,1-3H3/t23-,24-,26-,27+,31?,32-,33-/m0/s1. The van der Waals surface area contributed by atoms with Crippen molar-refractivity contribution < 1.29 is 28.2 Å². The molecule has 4 aliphatic rings. The highest BCUT2D eigenvalue weighted by molar-refractivity contribution is 8.13. The normalized spacial score (nSPS) is 33.9. The van der Waals surface area contributed by atoms with E-state index in [4.69, 9.17) is 4.74 Å². The Morgan fingerprint density at radius 1 is 1.23 bits per heavy atom. The van der Waals surface area contributed by atoms with E-state index >= 15 is 0 Å². The number of nitrogens with zero attached hydrogens (tertiary/aromatic N) is 3. The van der Waals surface area contributed by atoms with Gasteiger partial charge in [0.25, 0.3) is 0 Å². The molecule has 0 spiro atoms. The lowest BCUT2D eigenvalue weighted by atomic mass is 9.45. The predicted octanol–water partition coefficient (Wildman–Crippen LogP) is 6.71. The van der Waals surface area contributed by atoms with Crippen LogP contribution in [0.15, 0.2) is 41.5 Å². The number of alkyl halides is 1. The molecule has 44 heavy (non-hydrogen) atoms. The number of thioether (sulfide) groups is 1. The first kappa shape index (κ1) is 29.8. The number of thiazole rings is 1. The van der Waals surface area contributed by atoms with Gasteiger partial charge in [-0.1, -0.05) is 19.4 Å². The van der Waals surface area contributed by atoms with Crippen molar-refractivity contribution in [1.29, 1.82) is 0 Å². The van der Waals surface area contributed by atoms with Crippen LogP contribution < -0.4 is 0 Å². The second kappa shape index (κ2) is 10.6. The van der Waals surface area contributed by atoms with Gasteiger partial charge in [-0.2, -0.15) is 5.10 Å². The molecular weight excluding hydrogens is 605 g/mol. The SMILES string of the molecule is Cc1ncsc1C(=O)O[C@]1(C(=O)SCF)CC[C@H]2[C@@H]3CCC4=Cc5c(cnn5-c5ccc(F)cc5)CC4(C)[C@H]3[C@@H](O)C[C@@]21C. The fourth-order valence-corrected chi connectivity index (χ4v) is 10.8. The molecule has 7 rings (SSSR count). The highest BCUT2D eigenvalue weighted by atomic mass is 32.2. The highest BCUT2D eigenvalue weighted by Crippen LogP contribution is 2.69. The van der Waals surface area contributed by atoms with Gasteiger partial charge in [0.05, 0.1) is 34.9 Å². The zero-order chi connectivity index (χ0) is 31.0. The van der Waals surface area contributed by atoms with Crippen LogP contribution in [0.25, 0.3) is 11.8 Å². The van der Waals surface area contributed by atoms with Crippen molar-refractivity contribution in [3.05, 3.63) is 69.2 Å². The van der Waals surface area contributed by atoms with Gasteiger partial charge in [0.1, 0.15) is 16.7 Å². The summed E-state index contributed by atoms with van der Waals surface area (Å²) < 4.78 is 35.3. The molecule has 7 nitrogen and oxygen atoms in total. The number of aromatic nitrogens is 3.